The molecule has 0 spiro atoms. The molecule has 0 radical (unpaired) electrons. The van der Waals surface area contributed by atoms with E-state index in [2.05, 4.69) is 20.9 Å². The summed E-state index contributed by atoms with van der Waals surface area (Å²) in [7, 11) is 0. The number of rotatable bonds is 6. The molecule has 2 aliphatic heterocycles. The van der Waals surface area contributed by atoms with Crippen LogP contribution in [-0.4, -0.2) is 46.0 Å². The fourth-order valence-corrected chi connectivity index (χ4v) is 5.61. The molecule has 2 aromatic carbocycles. The lowest BCUT2D eigenvalue weighted by Gasteiger charge is -2.24. The number of aromatic nitrogens is 2. The van der Waals surface area contributed by atoms with Gasteiger partial charge in [0, 0.05) is 47.9 Å². The van der Waals surface area contributed by atoms with Gasteiger partial charge in [0.1, 0.15) is 41.1 Å². The normalized spacial score (nSPS) is 17.7. The largest absolute Gasteiger partial charge is 0.359 e. The van der Waals surface area contributed by atoms with Crippen molar-refractivity contribution in [2.75, 3.05) is 20.4 Å². The molecule has 2 atom stereocenters. The highest BCUT2D eigenvalue weighted by Crippen LogP contribution is 2.32. The van der Waals surface area contributed by atoms with E-state index in [0.29, 0.717) is 23.6 Å². The minimum atomic E-state index is -0.911. The minimum absolute atomic E-state index is 0.0958. The second-order valence-electron chi connectivity index (χ2n) is 14.5. The monoisotopic (exact) mass is 726 g/mol. The van der Waals surface area contributed by atoms with Crippen LogP contribution in [0.1, 0.15) is 78.7 Å². The number of carbonyl (C=O) groups is 4. The predicted octanol–water partition coefficient (Wildman–Crippen LogP) is 6.77. The van der Waals surface area contributed by atoms with Gasteiger partial charge in [0.15, 0.2) is 5.82 Å². The maximum Gasteiger partial charge on any atom is 0.249 e. The van der Waals surface area contributed by atoms with E-state index in [1.165, 1.54) is 0 Å². The molecule has 4 aromatic rings. The van der Waals surface area contributed by atoms with E-state index in [9.17, 15) is 36.7 Å². The molecule has 4 heterocycles. The minimum Gasteiger partial charge on any atom is -0.359 e. The summed E-state index contributed by atoms with van der Waals surface area (Å²) < 4.78 is 64.8. The zero-order valence-electron chi connectivity index (χ0n) is 29.4. The smallest absolute Gasteiger partial charge is 0.249 e. The van der Waals surface area contributed by atoms with Crippen LogP contribution in [0.5, 0.6) is 0 Å². The summed E-state index contributed by atoms with van der Waals surface area (Å²) >= 11 is 0. The second-order valence-corrected chi connectivity index (χ2v) is 14.5. The quantitative estimate of drug-likeness (QED) is 0.207. The molecule has 16 heteroatoms. The molecular formula is C36H38F4N6O6. The van der Waals surface area contributed by atoms with Crippen molar-refractivity contribution < 1.29 is 45.8 Å². The fourth-order valence-electron chi connectivity index (χ4n) is 5.61. The van der Waals surface area contributed by atoms with Gasteiger partial charge in [-0.1, -0.05) is 51.9 Å². The maximum atomic E-state index is 14.1. The highest BCUT2D eigenvalue weighted by Gasteiger charge is 2.40. The Hall–Kier alpha value is -5.54. The zero-order valence-corrected chi connectivity index (χ0v) is 29.4. The van der Waals surface area contributed by atoms with Crippen molar-refractivity contribution in [2.45, 2.75) is 90.1 Å². The summed E-state index contributed by atoms with van der Waals surface area (Å²) in [6.07, 6.45) is 0.646. The van der Waals surface area contributed by atoms with Crippen LogP contribution in [-0.2, 0) is 30.0 Å². The number of anilines is 4. The van der Waals surface area contributed by atoms with Crippen LogP contribution in [0, 0.1) is 23.3 Å². The van der Waals surface area contributed by atoms with Crippen molar-refractivity contribution in [3.63, 3.8) is 0 Å². The molecule has 0 saturated carbocycles. The lowest BCUT2D eigenvalue weighted by molar-refractivity contribution is -0.120. The van der Waals surface area contributed by atoms with Gasteiger partial charge in [-0.25, -0.2) is 17.6 Å². The average molecular weight is 727 g/mol. The fraction of sp³-hybridized carbons (Fsp3) is 0.389. The molecule has 52 heavy (non-hydrogen) atoms. The first-order chi connectivity index (χ1) is 24.3. The topological polar surface area (TPSA) is 151 Å². The Bertz CT molecular complexity index is 1860. The van der Waals surface area contributed by atoms with E-state index in [1.54, 1.807) is 12.1 Å². The Kier molecular flexibility index (Phi) is 10.6. The third-order valence-electron chi connectivity index (χ3n) is 8.39. The molecule has 4 amide bonds. The van der Waals surface area contributed by atoms with Crippen LogP contribution >= 0.6 is 0 Å². The van der Waals surface area contributed by atoms with Crippen LogP contribution in [0.2, 0.25) is 0 Å². The van der Waals surface area contributed by atoms with Crippen molar-refractivity contribution in [3.8, 4) is 0 Å². The van der Waals surface area contributed by atoms with Gasteiger partial charge in [-0.15, -0.1) is 0 Å². The molecule has 0 unspecified atom stereocenters. The molecule has 12 nitrogen and oxygen atoms in total. The van der Waals surface area contributed by atoms with Crippen LogP contribution in [0.3, 0.4) is 0 Å². The first-order valence-corrected chi connectivity index (χ1v) is 16.4. The van der Waals surface area contributed by atoms with Crippen LogP contribution < -0.4 is 20.4 Å². The number of hydrogen-bond donors (Lipinski definition) is 2. The predicted molar refractivity (Wildman–Crippen MR) is 181 cm³/mol. The third kappa shape index (κ3) is 8.32. The summed E-state index contributed by atoms with van der Waals surface area (Å²) in [5, 5.41) is 12.9. The molecule has 6 rings (SSSR count). The molecule has 2 saturated heterocycles. The Morgan fingerprint density at radius 2 is 1.19 bits per heavy atom. The van der Waals surface area contributed by atoms with Crippen molar-refractivity contribution in [2.24, 2.45) is 0 Å². The van der Waals surface area contributed by atoms with Crippen molar-refractivity contribution in [1.29, 1.82) is 0 Å². The van der Waals surface area contributed by atoms with E-state index >= 15 is 0 Å². The van der Waals surface area contributed by atoms with E-state index < -0.39 is 59.0 Å². The standard InChI is InChI=1S/2C18H19F2N3O3/c1-18(2,3)14-9-15(22-26-14)21-17(25)13-6-7-16(24)23(13)12-5-4-10(19)8-11(12)20;1-18(2,3)14-9-15(26-22-14)21-17(25)13-6-7-16(24)23(13)12-5-4-10(19)8-11(12)20/h4-5,8-9,13H,6-7H2,1-3H3,(H,21,22,25);4-5,8-9,13H,6-7H2,1-3H3,(H,21,25)/t2*13-/m00/s1. The van der Waals surface area contributed by atoms with E-state index in [1.807, 2.05) is 41.5 Å². The third-order valence-corrected chi connectivity index (χ3v) is 8.39. The highest BCUT2D eigenvalue weighted by molar-refractivity contribution is 6.08. The number of nitrogens with one attached hydrogen (secondary N) is 2. The summed E-state index contributed by atoms with van der Waals surface area (Å²) in [6, 6.07) is 7.17. The first kappa shape index (κ1) is 37.7. The molecule has 2 fully saturated rings. The first-order valence-electron chi connectivity index (χ1n) is 16.4. The Morgan fingerprint density at radius 1 is 0.692 bits per heavy atom. The molecule has 0 aliphatic carbocycles. The summed E-state index contributed by atoms with van der Waals surface area (Å²) in [5.74, 6) is -4.15. The molecule has 276 valence electrons. The van der Waals surface area contributed by atoms with Crippen LogP contribution in [0.25, 0.3) is 0 Å². The van der Waals surface area contributed by atoms with Gasteiger partial charge in [0.2, 0.25) is 29.5 Å². The molecule has 2 aromatic heterocycles. The number of nitrogens with zero attached hydrogens (tertiary/aromatic N) is 4. The number of amides is 4. The Labute approximate surface area is 296 Å². The van der Waals surface area contributed by atoms with Gasteiger partial charge in [-0.2, -0.15) is 0 Å². The van der Waals surface area contributed by atoms with Gasteiger partial charge in [-0.05, 0) is 37.1 Å². The maximum absolute atomic E-state index is 14.1. The van der Waals surface area contributed by atoms with E-state index in [0.717, 1.165) is 34.1 Å². The van der Waals surface area contributed by atoms with Gasteiger partial charge in [-0.3, -0.25) is 34.3 Å². The number of halogens is 4. The van der Waals surface area contributed by atoms with Crippen molar-refractivity contribution in [1.82, 2.24) is 10.3 Å². The SMILES string of the molecule is CC(C)(C)c1cc(NC(=O)[C@@H]2CCC(=O)N2c2ccc(F)cc2F)no1.CC(C)(C)c1cc(NC(=O)[C@@H]2CCC(=O)N2c2ccc(F)cc2F)on1. The lowest BCUT2D eigenvalue weighted by Crippen LogP contribution is -2.42. The van der Waals surface area contributed by atoms with Crippen LogP contribution in [0.4, 0.5) is 40.6 Å². The van der Waals surface area contributed by atoms with Crippen molar-refractivity contribution >= 4 is 46.7 Å². The van der Waals surface area contributed by atoms with Gasteiger partial charge in [0.25, 0.3) is 0 Å². The summed E-state index contributed by atoms with van der Waals surface area (Å²) in [5.41, 5.74) is -0.106. The lowest BCUT2D eigenvalue weighted by atomic mass is 9.92. The van der Waals surface area contributed by atoms with E-state index in [4.69, 9.17) is 9.05 Å². The second kappa shape index (κ2) is 14.6. The summed E-state index contributed by atoms with van der Waals surface area (Å²) in [4.78, 5) is 51.6. The zero-order chi connectivity index (χ0) is 38.1. The number of carbonyl (C=O) groups excluding carboxylic acids is 4. The van der Waals surface area contributed by atoms with Crippen LogP contribution in [0.15, 0.2) is 57.6 Å². The van der Waals surface area contributed by atoms with Crippen molar-refractivity contribution in [3.05, 3.63) is 83.3 Å². The molecule has 2 N–H and O–H groups in total. The average Bonchev–Trinajstić information content (AvgIpc) is 3.85. The highest BCUT2D eigenvalue weighted by atomic mass is 19.1. The van der Waals surface area contributed by atoms with Gasteiger partial charge < -0.3 is 14.4 Å². The number of hydrogen-bond acceptors (Lipinski definition) is 8. The number of benzene rings is 2. The molecule has 2 aliphatic rings. The van der Waals surface area contributed by atoms with E-state index in [-0.39, 0.29) is 59.6 Å². The van der Waals surface area contributed by atoms with Gasteiger partial charge >= 0.3 is 0 Å². The van der Waals surface area contributed by atoms with Gasteiger partial charge in [0.05, 0.1) is 17.1 Å². The molecule has 0 bridgehead atoms. The Morgan fingerprint density at radius 3 is 1.62 bits per heavy atom. The Balaban J connectivity index is 0.000000201. The summed E-state index contributed by atoms with van der Waals surface area (Å²) in [6.45, 7) is 11.7. The molecular weight excluding hydrogens is 688 g/mol.